The van der Waals surface area contributed by atoms with Crippen molar-refractivity contribution >= 4 is 10.1 Å². The number of hydrogen-bond acceptors (Lipinski definition) is 5. The van der Waals surface area contributed by atoms with E-state index in [0.717, 1.165) is 0 Å². The van der Waals surface area contributed by atoms with Gasteiger partial charge >= 0.3 is 51.7 Å². The van der Waals surface area contributed by atoms with Crippen molar-refractivity contribution in [3.63, 3.8) is 0 Å². The van der Waals surface area contributed by atoms with Gasteiger partial charge in [0.2, 0.25) is 0 Å². The molecule has 0 spiro atoms. The van der Waals surface area contributed by atoms with Crippen LogP contribution in [-0.2, 0) is 23.8 Å². The summed E-state index contributed by atoms with van der Waals surface area (Å²) >= 11 is 0. The van der Waals surface area contributed by atoms with Gasteiger partial charge in [-0.25, -0.2) is 8.57 Å². The Labute approximate surface area is 147 Å². The molecule has 29 heavy (non-hydrogen) atoms. The van der Waals surface area contributed by atoms with Crippen molar-refractivity contribution in [1.29, 1.82) is 0 Å². The molecule has 1 aliphatic rings. The first kappa shape index (κ1) is 25.8. The van der Waals surface area contributed by atoms with Crippen LogP contribution in [0, 0.1) is 0 Å². The van der Waals surface area contributed by atoms with Crippen molar-refractivity contribution in [2.24, 2.45) is 0 Å². The van der Waals surface area contributed by atoms with Gasteiger partial charge in [0.05, 0.1) is 0 Å². The second-order valence-electron chi connectivity index (χ2n) is 4.85. The van der Waals surface area contributed by atoms with E-state index in [1.165, 1.54) is 0 Å². The lowest BCUT2D eigenvalue weighted by atomic mass is 10.3. The average Bonchev–Trinajstić information content (AvgIpc) is 2.42. The van der Waals surface area contributed by atoms with Gasteiger partial charge in [0.1, 0.15) is 0 Å². The molecule has 0 aliphatic carbocycles. The minimum absolute atomic E-state index is 2.13. The summed E-state index contributed by atoms with van der Waals surface area (Å²) in [6.07, 6.45) is -34.0. The van der Waals surface area contributed by atoms with Crippen LogP contribution in [0.2, 0.25) is 0 Å². The SMILES string of the molecule is O=S1(=O)OC(F)C1(OC(F)(F)C(F)(F)C(F)(F)F)OC(F)(F)C(F)(F)C(F)(F)F. The zero-order valence-electron chi connectivity index (χ0n) is 12.2. The minimum atomic E-state index is -7.51. The highest BCUT2D eigenvalue weighted by atomic mass is 32.2. The summed E-state index contributed by atoms with van der Waals surface area (Å²) in [6.45, 7) is 0. The van der Waals surface area contributed by atoms with Crippen molar-refractivity contribution in [1.82, 2.24) is 0 Å². The quantitative estimate of drug-likeness (QED) is 0.319. The van der Waals surface area contributed by atoms with Crippen LogP contribution >= 0.6 is 0 Å². The summed E-state index contributed by atoms with van der Waals surface area (Å²) < 4.78 is 217. The maximum Gasteiger partial charge on any atom is 0.462 e. The summed E-state index contributed by atoms with van der Waals surface area (Å²) in [5, 5.41) is -5.98. The largest absolute Gasteiger partial charge is 0.462 e. The lowest BCUT2D eigenvalue weighted by Crippen LogP contribution is -2.72. The van der Waals surface area contributed by atoms with E-state index in [9.17, 15) is 74.3 Å². The summed E-state index contributed by atoms with van der Waals surface area (Å²) in [6, 6.07) is 0. The van der Waals surface area contributed by atoms with Crippen LogP contribution in [0.4, 0.5) is 65.9 Å². The van der Waals surface area contributed by atoms with E-state index in [1.54, 1.807) is 0 Å². The number of hydrogen-bond donors (Lipinski definition) is 0. The fourth-order valence-corrected chi connectivity index (χ4v) is 2.37. The number of rotatable bonds is 6. The van der Waals surface area contributed by atoms with Gasteiger partial charge in [0.25, 0.3) is 6.36 Å². The molecule has 0 amide bonds. The first-order valence-electron chi connectivity index (χ1n) is 5.91. The van der Waals surface area contributed by atoms with E-state index in [-0.39, 0.29) is 0 Å². The minimum Gasteiger partial charge on any atom is -0.261 e. The van der Waals surface area contributed by atoms with Gasteiger partial charge in [-0.3, -0.25) is 9.47 Å². The molecule has 1 fully saturated rings. The molecule has 1 atom stereocenters. The Balaban J connectivity index is 3.53. The van der Waals surface area contributed by atoms with Crippen molar-refractivity contribution in [2.45, 2.75) is 47.9 Å². The molecule has 0 aromatic heterocycles. The highest BCUT2D eigenvalue weighted by Crippen LogP contribution is 2.56. The lowest BCUT2D eigenvalue weighted by molar-refractivity contribution is -0.517. The maximum absolute atomic E-state index is 13.2. The molecule has 0 aromatic rings. The molecule has 0 bridgehead atoms. The zero-order valence-corrected chi connectivity index (χ0v) is 13.0. The van der Waals surface area contributed by atoms with E-state index in [1.807, 2.05) is 0 Å². The van der Waals surface area contributed by atoms with Gasteiger partial charge < -0.3 is 0 Å². The highest BCUT2D eigenvalue weighted by Gasteiger charge is 2.85. The fourth-order valence-electron chi connectivity index (χ4n) is 1.34. The first-order valence-corrected chi connectivity index (χ1v) is 7.32. The topological polar surface area (TPSA) is 61.8 Å². The summed E-state index contributed by atoms with van der Waals surface area (Å²) in [5.74, 6) is -15.0. The molecule has 174 valence electrons. The maximum atomic E-state index is 13.2. The van der Waals surface area contributed by atoms with Gasteiger partial charge in [-0.2, -0.15) is 69.9 Å². The molecular weight excluding hydrogens is 493 g/mol. The fraction of sp³-hybridized carbons (Fsp3) is 1.00. The molecule has 1 heterocycles. The summed E-state index contributed by atoms with van der Waals surface area (Å²) in [4.78, 5) is 0. The van der Waals surface area contributed by atoms with E-state index in [4.69, 9.17) is 0 Å². The van der Waals surface area contributed by atoms with Crippen LogP contribution in [-0.4, -0.2) is 56.3 Å². The Bertz CT molecular complexity index is 697. The van der Waals surface area contributed by atoms with Crippen LogP contribution < -0.4 is 0 Å². The molecule has 5 nitrogen and oxygen atoms in total. The Kier molecular flexibility index (Phi) is 5.69. The number of ether oxygens (including phenoxy) is 2. The van der Waals surface area contributed by atoms with Gasteiger partial charge in [0.15, 0.2) is 0 Å². The van der Waals surface area contributed by atoms with Gasteiger partial charge in [-0.15, -0.1) is 0 Å². The normalized spacial score (nSPS) is 23.6. The molecule has 0 N–H and O–H groups in total. The monoisotopic (exact) mass is 494 g/mol. The Hall–Kier alpha value is -1.22. The molecule has 0 aromatic carbocycles. The smallest absolute Gasteiger partial charge is 0.261 e. The predicted molar refractivity (Wildman–Crippen MR) is 51.7 cm³/mol. The van der Waals surface area contributed by atoms with Crippen molar-refractivity contribution in [3.05, 3.63) is 0 Å². The van der Waals surface area contributed by atoms with Crippen LogP contribution in [0.3, 0.4) is 0 Å². The van der Waals surface area contributed by atoms with Crippen molar-refractivity contribution in [3.8, 4) is 0 Å². The second-order valence-corrected chi connectivity index (χ2v) is 6.52. The second kappa shape index (κ2) is 6.39. The van der Waals surface area contributed by atoms with Gasteiger partial charge in [0, 0.05) is 0 Å². The predicted octanol–water partition coefficient (Wildman–Crippen LogP) is 3.91. The summed E-state index contributed by atoms with van der Waals surface area (Å²) in [5.41, 5.74) is 0. The van der Waals surface area contributed by atoms with E-state index in [0.29, 0.717) is 0 Å². The lowest BCUT2D eigenvalue weighted by Gasteiger charge is -2.45. The standard InChI is InChI=1S/C8HF15O5S/c9-1-2(29(24,25)26-1,27-7(20,21)3(10,11)5(14,15)16)28-8(22,23)4(12,13)6(17,18)19/h1H. The Morgan fingerprint density at radius 1 is 0.655 bits per heavy atom. The van der Waals surface area contributed by atoms with Crippen LogP contribution in [0.5, 0.6) is 0 Å². The molecule has 1 saturated heterocycles. The van der Waals surface area contributed by atoms with Crippen LogP contribution in [0.15, 0.2) is 0 Å². The van der Waals surface area contributed by atoms with Crippen molar-refractivity contribution < 1.29 is 87.9 Å². The molecule has 21 heteroatoms. The molecule has 1 aliphatic heterocycles. The number of alkyl halides is 15. The van der Waals surface area contributed by atoms with Crippen LogP contribution in [0.1, 0.15) is 0 Å². The zero-order chi connectivity index (χ0) is 23.7. The van der Waals surface area contributed by atoms with E-state index < -0.39 is 58.0 Å². The third-order valence-corrected chi connectivity index (χ3v) is 4.29. The average molecular weight is 494 g/mol. The van der Waals surface area contributed by atoms with E-state index >= 15 is 0 Å². The summed E-state index contributed by atoms with van der Waals surface area (Å²) in [7, 11) is -6.79. The number of halogens is 15. The molecule has 0 radical (unpaired) electrons. The van der Waals surface area contributed by atoms with Crippen LogP contribution in [0.25, 0.3) is 0 Å². The molecular formula is C8HF15O5S. The van der Waals surface area contributed by atoms with Gasteiger partial charge in [-0.1, -0.05) is 0 Å². The molecule has 1 unspecified atom stereocenters. The first-order chi connectivity index (χ1) is 12.3. The third-order valence-electron chi connectivity index (χ3n) is 2.82. The molecule has 1 rings (SSSR count). The Morgan fingerprint density at radius 2 is 0.931 bits per heavy atom. The highest BCUT2D eigenvalue weighted by molar-refractivity contribution is 7.89. The van der Waals surface area contributed by atoms with Crippen molar-refractivity contribution in [2.75, 3.05) is 0 Å². The Morgan fingerprint density at radius 3 is 1.10 bits per heavy atom. The third kappa shape index (κ3) is 3.69. The molecule has 0 saturated carbocycles. The van der Waals surface area contributed by atoms with E-state index in [2.05, 4.69) is 13.7 Å². The van der Waals surface area contributed by atoms with Gasteiger partial charge in [-0.05, 0) is 0 Å².